The summed E-state index contributed by atoms with van der Waals surface area (Å²) >= 11 is 7.04. The molecular formula is C20H24Br2N4. The number of halogens is 2. The van der Waals surface area contributed by atoms with E-state index in [0.717, 1.165) is 21.8 Å². The van der Waals surface area contributed by atoms with Gasteiger partial charge < -0.3 is 0 Å². The minimum absolute atomic E-state index is 0.420. The lowest BCUT2D eigenvalue weighted by molar-refractivity contribution is 0.643. The van der Waals surface area contributed by atoms with E-state index in [1.807, 2.05) is 6.07 Å². The second-order valence-corrected chi connectivity index (χ2v) is 9.80. The van der Waals surface area contributed by atoms with E-state index in [2.05, 4.69) is 80.6 Å². The summed E-state index contributed by atoms with van der Waals surface area (Å²) in [5, 5.41) is 0. The third-order valence-electron chi connectivity index (χ3n) is 5.59. The van der Waals surface area contributed by atoms with Crippen molar-refractivity contribution in [3.05, 3.63) is 44.4 Å². The molecular weight excluding hydrogens is 456 g/mol. The van der Waals surface area contributed by atoms with Crippen molar-refractivity contribution in [1.29, 1.82) is 0 Å². The lowest BCUT2D eigenvalue weighted by Gasteiger charge is -2.08. The van der Waals surface area contributed by atoms with Crippen LogP contribution in [0, 0.1) is 11.8 Å². The quantitative estimate of drug-likeness (QED) is 0.393. The Labute approximate surface area is 171 Å². The summed E-state index contributed by atoms with van der Waals surface area (Å²) in [5.41, 5.74) is 3.45. The molecule has 2 aliphatic rings. The molecule has 4 unspecified atom stereocenters. The first kappa shape index (κ1) is 18.5. The van der Waals surface area contributed by atoms with Crippen molar-refractivity contribution < 1.29 is 0 Å². The predicted octanol–water partition coefficient (Wildman–Crippen LogP) is 5.95. The van der Waals surface area contributed by atoms with Crippen molar-refractivity contribution in [2.75, 3.05) is 0 Å². The molecule has 0 bridgehead atoms. The van der Waals surface area contributed by atoms with Crippen LogP contribution in [-0.2, 0) is 0 Å². The predicted molar refractivity (Wildman–Crippen MR) is 109 cm³/mol. The van der Waals surface area contributed by atoms with Gasteiger partial charge in [-0.1, -0.05) is 27.7 Å². The fourth-order valence-corrected chi connectivity index (χ4v) is 4.69. The summed E-state index contributed by atoms with van der Waals surface area (Å²) in [5.74, 6) is 4.35. The number of hydrogen-bond donors (Lipinski definition) is 0. The van der Waals surface area contributed by atoms with E-state index in [-0.39, 0.29) is 0 Å². The van der Waals surface area contributed by atoms with Crippen LogP contribution in [0.5, 0.6) is 0 Å². The molecule has 26 heavy (non-hydrogen) atoms. The largest absolute Gasteiger partial charge is 0.237 e. The average molecular weight is 480 g/mol. The SMILES string of the molecule is CC(C)c1cc(C2CC2C2CC2c2nc(Br)cc(C(C)C)n2)nc(Br)n1. The Morgan fingerprint density at radius 3 is 2.12 bits per heavy atom. The zero-order valence-corrected chi connectivity index (χ0v) is 18.7. The van der Waals surface area contributed by atoms with Crippen molar-refractivity contribution in [1.82, 2.24) is 19.9 Å². The highest BCUT2D eigenvalue weighted by molar-refractivity contribution is 9.10. The van der Waals surface area contributed by atoms with Crippen molar-refractivity contribution in [2.45, 2.75) is 64.2 Å². The molecule has 4 nitrogen and oxygen atoms in total. The van der Waals surface area contributed by atoms with Gasteiger partial charge in [0.1, 0.15) is 10.4 Å². The van der Waals surface area contributed by atoms with Gasteiger partial charge in [0.2, 0.25) is 0 Å². The summed E-state index contributed by atoms with van der Waals surface area (Å²) in [4.78, 5) is 18.7. The Morgan fingerprint density at radius 1 is 0.808 bits per heavy atom. The van der Waals surface area contributed by atoms with E-state index in [9.17, 15) is 0 Å². The second-order valence-electron chi connectivity index (χ2n) is 8.28. The molecule has 138 valence electrons. The van der Waals surface area contributed by atoms with Gasteiger partial charge in [0.15, 0.2) is 4.73 Å². The lowest BCUT2D eigenvalue weighted by Crippen LogP contribution is -2.02. The number of nitrogens with zero attached hydrogens (tertiary/aromatic N) is 4. The summed E-state index contributed by atoms with van der Waals surface area (Å²) < 4.78 is 1.62. The monoisotopic (exact) mass is 478 g/mol. The average Bonchev–Trinajstić information content (AvgIpc) is 3.44. The van der Waals surface area contributed by atoms with E-state index in [1.54, 1.807) is 0 Å². The van der Waals surface area contributed by atoms with Crippen LogP contribution in [0.4, 0.5) is 0 Å². The van der Waals surface area contributed by atoms with Gasteiger partial charge >= 0.3 is 0 Å². The minimum Gasteiger partial charge on any atom is -0.237 e. The maximum Gasteiger partial charge on any atom is 0.197 e. The number of rotatable bonds is 5. The summed E-state index contributed by atoms with van der Waals surface area (Å²) in [6.45, 7) is 8.71. The Bertz CT molecular complexity index is 767. The van der Waals surface area contributed by atoms with Gasteiger partial charge in [-0.25, -0.2) is 19.9 Å². The molecule has 4 atom stereocenters. The molecule has 0 radical (unpaired) electrons. The van der Waals surface area contributed by atoms with Crippen molar-refractivity contribution >= 4 is 31.9 Å². The normalized spacial score (nSPS) is 27.2. The van der Waals surface area contributed by atoms with Gasteiger partial charge in [0, 0.05) is 28.9 Å². The Balaban J connectivity index is 1.48. The summed E-state index contributed by atoms with van der Waals surface area (Å²) in [6, 6.07) is 4.24. The van der Waals surface area contributed by atoms with Gasteiger partial charge in [-0.05, 0) is 80.5 Å². The van der Waals surface area contributed by atoms with Crippen molar-refractivity contribution in [2.24, 2.45) is 11.8 Å². The zero-order valence-electron chi connectivity index (χ0n) is 15.6. The standard InChI is InChI=1S/C20H24Br2N4/c1-9(2)15-7-17(25-20(22)24-15)13-5-11(13)12-6-14(12)19-23-16(10(3)4)8-18(21)26-19/h7-14H,5-6H2,1-4H3. The van der Waals surface area contributed by atoms with Crippen LogP contribution in [0.25, 0.3) is 0 Å². The molecule has 2 fully saturated rings. The van der Waals surface area contributed by atoms with Crippen molar-refractivity contribution in [3.63, 3.8) is 0 Å². The van der Waals surface area contributed by atoms with Crippen LogP contribution in [0.1, 0.15) is 87.1 Å². The molecule has 0 saturated heterocycles. The summed E-state index contributed by atoms with van der Waals surface area (Å²) in [6.07, 6.45) is 2.44. The Morgan fingerprint density at radius 2 is 1.42 bits per heavy atom. The van der Waals surface area contributed by atoms with E-state index in [1.165, 1.54) is 18.5 Å². The second kappa shape index (κ2) is 6.93. The van der Waals surface area contributed by atoms with E-state index in [0.29, 0.717) is 40.2 Å². The lowest BCUT2D eigenvalue weighted by atomic mass is 10.1. The van der Waals surface area contributed by atoms with Gasteiger partial charge in [-0.2, -0.15) is 0 Å². The van der Waals surface area contributed by atoms with Crippen LogP contribution in [0.3, 0.4) is 0 Å². The third-order valence-corrected chi connectivity index (χ3v) is 6.36. The molecule has 0 aromatic carbocycles. The van der Waals surface area contributed by atoms with E-state index < -0.39 is 0 Å². The molecule has 0 N–H and O–H groups in total. The highest BCUT2D eigenvalue weighted by atomic mass is 79.9. The number of aromatic nitrogens is 4. The molecule has 2 aromatic heterocycles. The van der Waals surface area contributed by atoms with Gasteiger partial charge in [-0.3, -0.25) is 0 Å². The first-order valence-corrected chi connectivity index (χ1v) is 11.0. The first-order valence-electron chi connectivity index (χ1n) is 9.42. The molecule has 2 saturated carbocycles. The topological polar surface area (TPSA) is 51.6 Å². The Hall–Kier alpha value is -0.880. The third kappa shape index (κ3) is 3.72. The van der Waals surface area contributed by atoms with E-state index >= 15 is 0 Å². The molecule has 2 heterocycles. The first-order chi connectivity index (χ1) is 12.3. The van der Waals surface area contributed by atoms with Crippen LogP contribution >= 0.6 is 31.9 Å². The van der Waals surface area contributed by atoms with Crippen LogP contribution in [-0.4, -0.2) is 19.9 Å². The van der Waals surface area contributed by atoms with Crippen LogP contribution < -0.4 is 0 Å². The zero-order chi connectivity index (χ0) is 18.6. The molecule has 0 amide bonds. The van der Waals surface area contributed by atoms with Crippen molar-refractivity contribution in [3.8, 4) is 0 Å². The fourth-order valence-electron chi connectivity index (χ4n) is 3.87. The van der Waals surface area contributed by atoms with Gasteiger partial charge in [0.25, 0.3) is 0 Å². The number of hydrogen-bond acceptors (Lipinski definition) is 4. The molecule has 0 aliphatic heterocycles. The maximum absolute atomic E-state index is 4.83. The molecule has 6 heteroatoms. The van der Waals surface area contributed by atoms with E-state index in [4.69, 9.17) is 4.98 Å². The summed E-state index contributed by atoms with van der Waals surface area (Å²) in [7, 11) is 0. The maximum atomic E-state index is 4.83. The molecule has 2 aliphatic carbocycles. The minimum atomic E-state index is 0.420. The Kier molecular flexibility index (Phi) is 4.93. The smallest absolute Gasteiger partial charge is 0.197 e. The fraction of sp³-hybridized carbons (Fsp3) is 0.600. The van der Waals surface area contributed by atoms with Crippen LogP contribution in [0.2, 0.25) is 0 Å². The molecule has 0 spiro atoms. The van der Waals surface area contributed by atoms with Crippen LogP contribution in [0.15, 0.2) is 21.5 Å². The highest BCUT2D eigenvalue weighted by Gasteiger charge is 2.56. The highest BCUT2D eigenvalue weighted by Crippen LogP contribution is 2.64. The molecule has 4 rings (SSSR count). The molecule has 2 aromatic rings. The van der Waals surface area contributed by atoms with Gasteiger partial charge in [0.05, 0.1) is 0 Å². The van der Waals surface area contributed by atoms with Gasteiger partial charge in [-0.15, -0.1) is 0 Å².